The maximum absolute atomic E-state index is 9.10. The Kier molecular flexibility index (Phi) is 5.91. The number of hydrogen-bond acceptors (Lipinski definition) is 0. The van der Waals surface area contributed by atoms with Crippen LogP contribution in [0.1, 0.15) is 6.85 Å². The molecule has 266 valence electrons. The van der Waals surface area contributed by atoms with Crippen LogP contribution < -0.4 is 0 Å². The molecule has 0 radical (unpaired) electrons. The van der Waals surface area contributed by atoms with Gasteiger partial charge in [-0.3, -0.25) is 0 Å². The Labute approximate surface area is 336 Å². The summed E-state index contributed by atoms with van der Waals surface area (Å²) in [5.41, 5.74) is 12.5. The van der Waals surface area contributed by atoms with Crippen molar-refractivity contribution in [1.82, 2.24) is 13.7 Å². The third-order valence-corrected chi connectivity index (χ3v) is 11.5. The summed E-state index contributed by atoms with van der Waals surface area (Å²) < 4.78 is 50.3. The van der Waals surface area contributed by atoms with E-state index in [4.69, 9.17) is 6.85 Å². The predicted octanol–water partition coefficient (Wildman–Crippen LogP) is 14.3. The van der Waals surface area contributed by atoms with E-state index >= 15 is 0 Å². The third-order valence-electron chi connectivity index (χ3n) is 11.5. The Morgan fingerprint density at radius 2 is 0.895 bits per heavy atom. The second kappa shape index (κ2) is 12.5. The molecular formula is C54H35N3. The highest BCUT2D eigenvalue weighted by Gasteiger charge is 2.22. The summed E-state index contributed by atoms with van der Waals surface area (Å²) in [5.74, 6) is 0. The van der Waals surface area contributed by atoms with E-state index in [1.807, 2.05) is 41.0 Å². The lowest BCUT2D eigenvalue weighted by atomic mass is 10.0. The van der Waals surface area contributed by atoms with Gasteiger partial charge in [0, 0.05) is 49.3 Å². The van der Waals surface area contributed by atoms with Crippen molar-refractivity contribution in [3.05, 3.63) is 212 Å². The Bertz CT molecular complexity index is 3770. The zero-order valence-electron chi connectivity index (χ0n) is 35.7. The molecule has 0 saturated carbocycles. The van der Waals surface area contributed by atoms with Gasteiger partial charge in [-0.25, -0.2) is 0 Å². The molecule has 3 heterocycles. The van der Waals surface area contributed by atoms with Gasteiger partial charge in [-0.15, -0.1) is 0 Å². The number of hydrogen-bond donors (Lipinski definition) is 0. The van der Waals surface area contributed by atoms with Crippen LogP contribution in [0.15, 0.2) is 212 Å². The van der Waals surface area contributed by atoms with Crippen molar-refractivity contribution in [2.75, 3.05) is 0 Å². The highest BCUT2D eigenvalue weighted by atomic mass is 15.0. The van der Waals surface area contributed by atoms with E-state index in [-0.39, 0.29) is 29.9 Å². The van der Waals surface area contributed by atoms with E-state index in [1.165, 1.54) is 16.5 Å². The standard InChI is InChI=1S/C54H35N3/c1-3-15-36(16-4-1)37-27-30-40(31-28-37)55-48-24-12-9-21-43(48)46-35-38(29-33-51(46)55)41-19-7-11-23-47(41)57-50-26-14-10-22-45(50)53-52(57)34-32-44-42-20-8-13-25-49(42)56(54(44)53)39-17-5-2-6-18-39/h1-35H/i2D,5D,6D,17D,18D. The minimum Gasteiger partial charge on any atom is -0.309 e. The zero-order valence-corrected chi connectivity index (χ0v) is 30.7. The van der Waals surface area contributed by atoms with Crippen molar-refractivity contribution >= 4 is 65.4 Å². The quantitative estimate of drug-likeness (QED) is 0.167. The topological polar surface area (TPSA) is 14.8 Å². The van der Waals surface area contributed by atoms with E-state index in [2.05, 4.69) is 155 Å². The molecule has 0 aliphatic carbocycles. The molecule has 0 amide bonds. The minimum atomic E-state index is -0.414. The molecule has 9 aromatic carbocycles. The highest BCUT2D eigenvalue weighted by molar-refractivity contribution is 6.26. The average Bonchev–Trinajstić information content (AvgIpc) is 3.96. The Morgan fingerprint density at radius 3 is 1.67 bits per heavy atom. The molecule has 57 heavy (non-hydrogen) atoms. The molecule has 12 rings (SSSR count). The number of fused-ring (bicyclic) bond motifs is 10. The van der Waals surface area contributed by atoms with Crippen LogP contribution >= 0.6 is 0 Å². The minimum absolute atomic E-state index is 0.131. The van der Waals surface area contributed by atoms with Gasteiger partial charge in [0.2, 0.25) is 0 Å². The predicted molar refractivity (Wildman–Crippen MR) is 240 cm³/mol. The summed E-state index contributed by atoms with van der Waals surface area (Å²) >= 11 is 0. The number of para-hydroxylation sites is 5. The van der Waals surface area contributed by atoms with Gasteiger partial charge in [0.1, 0.15) is 0 Å². The number of aromatic nitrogens is 3. The van der Waals surface area contributed by atoms with Gasteiger partial charge < -0.3 is 13.7 Å². The lowest BCUT2D eigenvalue weighted by Gasteiger charge is -2.15. The first kappa shape index (κ1) is 27.0. The van der Waals surface area contributed by atoms with E-state index in [0.29, 0.717) is 0 Å². The van der Waals surface area contributed by atoms with Gasteiger partial charge in [-0.1, -0.05) is 146 Å². The average molecular weight is 731 g/mol. The summed E-state index contributed by atoms with van der Waals surface area (Å²) in [7, 11) is 0. The van der Waals surface area contributed by atoms with Crippen LogP contribution in [0.25, 0.3) is 105 Å². The lowest BCUT2D eigenvalue weighted by molar-refractivity contribution is 1.17. The van der Waals surface area contributed by atoms with Crippen LogP contribution in [-0.2, 0) is 0 Å². The first-order chi connectivity index (χ1) is 30.4. The van der Waals surface area contributed by atoms with Crippen molar-refractivity contribution in [3.8, 4) is 39.3 Å². The Balaban J connectivity index is 1.10. The monoisotopic (exact) mass is 730 g/mol. The zero-order chi connectivity index (χ0) is 41.8. The second-order valence-corrected chi connectivity index (χ2v) is 14.5. The first-order valence-electron chi connectivity index (χ1n) is 21.7. The SMILES string of the molecule is [2H]c1c([2H])c([2H])c(-n2c3ccccc3c3ccc4c(c5ccccc5n4-c4ccccc4-c4ccc5c(c4)c4ccccc4n5-c4ccc(-c5ccccc5)cc4)c32)c([2H])c1[2H]. The summed E-state index contributed by atoms with van der Waals surface area (Å²) in [6, 6.07) is 62.0. The summed E-state index contributed by atoms with van der Waals surface area (Å²) in [6.07, 6.45) is 0. The fourth-order valence-electron chi connectivity index (χ4n) is 9.12. The largest absolute Gasteiger partial charge is 0.309 e. The van der Waals surface area contributed by atoms with Gasteiger partial charge in [-0.2, -0.15) is 0 Å². The van der Waals surface area contributed by atoms with Crippen molar-refractivity contribution in [1.29, 1.82) is 0 Å². The third kappa shape index (κ3) is 4.73. The molecule has 0 aliphatic rings. The number of rotatable bonds is 5. The van der Waals surface area contributed by atoms with Gasteiger partial charge in [-0.05, 0) is 83.4 Å². The molecule has 0 fully saturated rings. The van der Waals surface area contributed by atoms with E-state index < -0.39 is 6.04 Å². The van der Waals surface area contributed by atoms with Crippen LogP contribution in [0.3, 0.4) is 0 Å². The van der Waals surface area contributed by atoms with Gasteiger partial charge >= 0.3 is 0 Å². The number of nitrogens with zero attached hydrogens (tertiary/aromatic N) is 3. The van der Waals surface area contributed by atoms with E-state index in [9.17, 15) is 0 Å². The Hall–Kier alpha value is -7.62. The van der Waals surface area contributed by atoms with Crippen LogP contribution in [0, 0.1) is 0 Å². The maximum Gasteiger partial charge on any atom is 0.0645 e. The lowest BCUT2D eigenvalue weighted by Crippen LogP contribution is -1.98. The first-order valence-corrected chi connectivity index (χ1v) is 19.2. The molecule has 0 unspecified atom stereocenters. The van der Waals surface area contributed by atoms with Crippen LogP contribution in [-0.4, -0.2) is 13.7 Å². The van der Waals surface area contributed by atoms with Crippen molar-refractivity contribution in [3.63, 3.8) is 0 Å². The molecule has 0 saturated heterocycles. The molecular weight excluding hydrogens is 691 g/mol. The van der Waals surface area contributed by atoms with Crippen LogP contribution in [0.2, 0.25) is 0 Å². The number of benzene rings is 9. The van der Waals surface area contributed by atoms with Crippen LogP contribution in [0.4, 0.5) is 0 Å². The van der Waals surface area contributed by atoms with Crippen molar-refractivity contribution in [2.45, 2.75) is 0 Å². The van der Waals surface area contributed by atoms with Crippen molar-refractivity contribution in [2.24, 2.45) is 0 Å². The Morgan fingerprint density at radius 1 is 0.333 bits per heavy atom. The van der Waals surface area contributed by atoms with Gasteiger partial charge in [0.25, 0.3) is 0 Å². The van der Waals surface area contributed by atoms with Gasteiger partial charge in [0.15, 0.2) is 0 Å². The fourth-order valence-corrected chi connectivity index (χ4v) is 9.12. The maximum atomic E-state index is 9.10. The summed E-state index contributed by atoms with van der Waals surface area (Å²) in [6.45, 7) is 0. The molecule has 0 atom stereocenters. The van der Waals surface area contributed by atoms with E-state index in [0.717, 1.165) is 82.5 Å². The molecule has 3 heteroatoms. The van der Waals surface area contributed by atoms with Gasteiger partial charge in [0.05, 0.1) is 45.6 Å². The molecule has 0 spiro atoms. The van der Waals surface area contributed by atoms with E-state index in [1.54, 1.807) is 0 Å². The van der Waals surface area contributed by atoms with Crippen LogP contribution in [0.5, 0.6) is 0 Å². The molecule has 12 aromatic rings. The normalized spacial score (nSPS) is 13.1. The van der Waals surface area contributed by atoms with Crippen molar-refractivity contribution < 1.29 is 6.85 Å². The summed E-state index contributed by atoms with van der Waals surface area (Å²) in [5, 5.41) is 6.14. The summed E-state index contributed by atoms with van der Waals surface area (Å²) in [4.78, 5) is 0. The smallest absolute Gasteiger partial charge is 0.0645 e. The molecule has 0 aliphatic heterocycles. The highest BCUT2D eigenvalue weighted by Crippen LogP contribution is 2.44. The second-order valence-electron chi connectivity index (χ2n) is 14.5. The molecule has 0 bridgehead atoms. The molecule has 3 aromatic heterocycles. The molecule has 3 nitrogen and oxygen atoms in total. The molecule has 0 N–H and O–H groups in total. The fraction of sp³-hybridized carbons (Fsp3) is 0.